The molecule has 0 spiro atoms. The van der Waals surface area contributed by atoms with Crippen molar-refractivity contribution in [3.05, 3.63) is 82.9 Å². The van der Waals surface area contributed by atoms with E-state index in [1.54, 1.807) is 0 Å². The van der Waals surface area contributed by atoms with Crippen LogP contribution in [0.4, 0.5) is 0 Å². The van der Waals surface area contributed by atoms with Gasteiger partial charge in [-0.25, -0.2) is 0 Å². The third-order valence-electron chi connectivity index (χ3n) is 7.93. The van der Waals surface area contributed by atoms with Crippen LogP contribution in [0, 0.1) is 0 Å². The molecule has 2 aromatic carbocycles. The number of ketones is 1. The summed E-state index contributed by atoms with van der Waals surface area (Å²) in [5.41, 5.74) is 3.34. The smallest absolute Gasteiger partial charge is 0.223 e. The van der Waals surface area contributed by atoms with Gasteiger partial charge in [0, 0.05) is 30.7 Å². The van der Waals surface area contributed by atoms with Crippen molar-refractivity contribution in [2.24, 2.45) is 0 Å². The molecular formula is C37H51NO2. The monoisotopic (exact) mass is 541 g/mol. The average molecular weight is 542 g/mol. The van der Waals surface area contributed by atoms with Gasteiger partial charge in [0.15, 0.2) is 5.78 Å². The maximum Gasteiger partial charge on any atom is 0.223 e. The molecule has 0 bridgehead atoms. The molecule has 0 unspecified atom stereocenters. The number of carbonyl (C=O) groups excluding carboxylic acids is 2. The van der Waals surface area contributed by atoms with E-state index in [1.165, 1.54) is 83.5 Å². The zero-order chi connectivity index (χ0) is 28.3. The lowest BCUT2D eigenvalue weighted by Gasteiger charge is -2.30. The number of benzene rings is 2. The first-order valence-corrected chi connectivity index (χ1v) is 16.0. The Balaban J connectivity index is 1.38. The number of amides is 1. The maximum absolute atomic E-state index is 13.3. The largest absolute Gasteiger partial charge is 0.334 e. The quantitative estimate of drug-likeness (QED) is 0.139. The van der Waals surface area contributed by atoms with Crippen LogP contribution in [0.15, 0.2) is 71.8 Å². The molecule has 0 aromatic heterocycles. The number of likely N-dealkylation sites (tertiary alicyclic amines) is 1. The average Bonchev–Trinajstić information content (AvgIpc) is 2.98. The predicted molar refractivity (Wildman–Crippen MR) is 170 cm³/mol. The van der Waals surface area contributed by atoms with E-state index in [0.29, 0.717) is 30.7 Å². The topological polar surface area (TPSA) is 37.4 Å². The number of rotatable bonds is 18. The molecule has 0 aliphatic carbocycles. The first-order valence-electron chi connectivity index (χ1n) is 16.0. The SMILES string of the molecule is CCCCCCCCCCCCCCCCCC(=O)N1C/C(=C\c2ccccc2)C(=O)/C(=C/c2ccccc2)C1. The number of unbranched alkanes of at least 4 members (excludes halogenated alkanes) is 14. The lowest BCUT2D eigenvalue weighted by Crippen LogP contribution is -2.41. The standard InChI is InChI=1S/C37H51NO2/c1-2-3-4-5-6-7-8-9-10-11-12-13-14-15-22-27-36(39)38-30-34(28-32-23-18-16-19-24-32)37(40)35(31-38)29-33-25-20-17-21-26-33/h16-21,23-26,28-29H,2-15,22,27,30-31H2,1H3/b34-28+,35-29+. The summed E-state index contributed by atoms with van der Waals surface area (Å²) < 4.78 is 0. The van der Waals surface area contributed by atoms with Gasteiger partial charge in [0.1, 0.15) is 0 Å². The van der Waals surface area contributed by atoms with Crippen molar-refractivity contribution in [2.45, 2.75) is 110 Å². The minimum atomic E-state index is 0.0451. The van der Waals surface area contributed by atoms with Crippen molar-refractivity contribution in [1.82, 2.24) is 4.90 Å². The molecule has 1 aliphatic rings. The summed E-state index contributed by atoms with van der Waals surface area (Å²) in [5.74, 6) is 0.198. The van der Waals surface area contributed by atoms with Crippen LogP contribution in [-0.2, 0) is 9.59 Å². The highest BCUT2D eigenvalue weighted by Gasteiger charge is 2.28. The molecular weight excluding hydrogens is 490 g/mol. The maximum atomic E-state index is 13.3. The number of piperidine rings is 1. The van der Waals surface area contributed by atoms with E-state index in [0.717, 1.165) is 24.0 Å². The molecule has 3 rings (SSSR count). The van der Waals surface area contributed by atoms with E-state index >= 15 is 0 Å². The van der Waals surface area contributed by atoms with E-state index in [1.807, 2.05) is 77.7 Å². The first-order chi connectivity index (χ1) is 19.7. The van der Waals surface area contributed by atoms with E-state index in [4.69, 9.17) is 0 Å². The number of carbonyl (C=O) groups is 2. The van der Waals surface area contributed by atoms with Crippen molar-refractivity contribution in [2.75, 3.05) is 13.1 Å². The molecule has 216 valence electrons. The van der Waals surface area contributed by atoms with Gasteiger partial charge >= 0.3 is 0 Å². The lowest BCUT2D eigenvalue weighted by molar-refractivity contribution is -0.131. The van der Waals surface area contributed by atoms with Crippen LogP contribution in [0.25, 0.3) is 12.2 Å². The zero-order valence-corrected chi connectivity index (χ0v) is 24.9. The predicted octanol–water partition coefficient (Wildman–Crippen LogP) is 9.83. The van der Waals surface area contributed by atoms with Crippen LogP contribution in [0.1, 0.15) is 121 Å². The Labute approximate surface area is 243 Å². The van der Waals surface area contributed by atoms with Crippen molar-refractivity contribution >= 4 is 23.8 Å². The summed E-state index contributed by atoms with van der Waals surface area (Å²) in [6, 6.07) is 19.8. The normalized spacial score (nSPS) is 15.7. The number of Topliss-reactive ketones (excluding diaryl/α,β-unsaturated/α-hetero) is 1. The van der Waals surface area contributed by atoms with Gasteiger partial charge in [0.25, 0.3) is 0 Å². The van der Waals surface area contributed by atoms with Gasteiger partial charge in [-0.15, -0.1) is 0 Å². The molecule has 1 amide bonds. The molecule has 1 fully saturated rings. The molecule has 0 atom stereocenters. The summed E-state index contributed by atoms with van der Waals surface area (Å²) in [6.45, 7) is 3.05. The van der Waals surface area contributed by atoms with Crippen molar-refractivity contribution in [3.8, 4) is 0 Å². The van der Waals surface area contributed by atoms with E-state index in [-0.39, 0.29) is 11.7 Å². The van der Waals surface area contributed by atoms with Gasteiger partial charge in [-0.05, 0) is 29.7 Å². The van der Waals surface area contributed by atoms with Crippen LogP contribution in [-0.4, -0.2) is 29.7 Å². The Hall–Kier alpha value is -2.94. The Kier molecular flexibility index (Phi) is 15.2. The van der Waals surface area contributed by atoms with Crippen LogP contribution < -0.4 is 0 Å². The molecule has 2 aromatic rings. The van der Waals surface area contributed by atoms with Gasteiger partial charge in [-0.1, -0.05) is 157 Å². The van der Waals surface area contributed by atoms with E-state index < -0.39 is 0 Å². The molecule has 40 heavy (non-hydrogen) atoms. The fourth-order valence-electron chi connectivity index (χ4n) is 5.52. The summed E-state index contributed by atoms with van der Waals surface area (Å²) in [4.78, 5) is 28.4. The molecule has 0 N–H and O–H groups in total. The molecule has 0 saturated carbocycles. The van der Waals surface area contributed by atoms with Gasteiger partial charge in [0.2, 0.25) is 5.91 Å². The highest BCUT2D eigenvalue weighted by atomic mass is 16.2. The summed E-state index contributed by atoms with van der Waals surface area (Å²) >= 11 is 0. The number of hydrogen-bond acceptors (Lipinski definition) is 2. The molecule has 3 heteroatoms. The molecule has 3 nitrogen and oxygen atoms in total. The minimum Gasteiger partial charge on any atom is -0.334 e. The molecule has 1 saturated heterocycles. The zero-order valence-electron chi connectivity index (χ0n) is 24.9. The summed E-state index contributed by atoms with van der Waals surface area (Å²) in [7, 11) is 0. The van der Waals surface area contributed by atoms with Crippen LogP contribution in [0.2, 0.25) is 0 Å². The van der Waals surface area contributed by atoms with Gasteiger partial charge in [-0.2, -0.15) is 0 Å². The highest BCUT2D eigenvalue weighted by molar-refractivity contribution is 6.15. The third kappa shape index (κ3) is 12.1. The highest BCUT2D eigenvalue weighted by Crippen LogP contribution is 2.23. The molecule has 1 aliphatic heterocycles. The second kappa shape index (κ2) is 19.2. The minimum absolute atomic E-state index is 0.0451. The van der Waals surface area contributed by atoms with Crippen LogP contribution in [0.3, 0.4) is 0 Å². The van der Waals surface area contributed by atoms with Gasteiger partial charge in [0.05, 0.1) is 0 Å². The third-order valence-corrected chi connectivity index (χ3v) is 7.93. The van der Waals surface area contributed by atoms with E-state index in [2.05, 4.69) is 6.92 Å². The summed E-state index contributed by atoms with van der Waals surface area (Å²) in [6.07, 6.45) is 24.2. The fraction of sp³-hybridized carbons (Fsp3) is 0.514. The fourth-order valence-corrected chi connectivity index (χ4v) is 5.52. The van der Waals surface area contributed by atoms with Crippen LogP contribution >= 0.6 is 0 Å². The van der Waals surface area contributed by atoms with Gasteiger partial charge < -0.3 is 4.90 Å². The number of hydrogen-bond donors (Lipinski definition) is 0. The second-order valence-electron chi connectivity index (χ2n) is 11.4. The lowest BCUT2D eigenvalue weighted by atomic mass is 9.94. The Morgan fingerprint density at radius 3 is 1.38 bits per heavy atom. The first kappa shape index (κ1) is 31.6. The van der Waals surface area contributed by atoms with Gasteiger partial charge in [-0.3, -0.25) is 9.59 Å². The van der Waals surface area contributed by atoms with Crippen molar-refractivity contribution in [1.29, 1.82) is 0 Å². The Morgan fingerprint density at radius 1 is 0.600 bits per heavy atom. The number of nitrogens with zero attached hydrogens (tertiary/aromatic N) is 1. The molecule has 1 heterocycles. The summed E-state index contributed by atoms with van der Waals surface area (Å²) in [5, 5.41) is 0. The Morgan fingerprint density at radius 2 is 0.975 bits per heavy atom. The molecule has 0 radical (unpaired) electrons. The van der Waals surface area contributed by atoms with Crippen LogP contribution in [0.5, 0.6) is 0 Å². The van der Waals surface area contributed by atoms with Crippen molar-refractivity contribution in [3.63, 3.8) is 0 Å². The van der Waals surface area contributed by atoms with E-state index in [9.17, 15) is 9.59 Å². The van der Waals surface area contributed by atoms with Crippen molar-refractivity contribution < 1.29 is 9.59 Å². The Bertz CT molecular complexity index is 993. The second-order valence-corrected chi connectivity index (χ2v) is 11.4.